The summed E-state index contributed by atoms with van der Waals surface area (Å²) < 4.78 is 5.19. The highest BCUT2D eigenvalue weighted by atomic mass is 79.9. The highest BCUT2D eigenvalue weighted by Crippen LogP contribution is 2.07. The predicted octanol–water partition coefficient (Wildman–Crippen LogP) is 1.48. The lowest BCUT2D eigenvalue weighted by Gasteiger charge is -2.28. The van der Waals surface area contributed by atoms with E-state index in [0.29, 0.717) is 4.95 Å². The Morgan fingerprint density at radius 2 is 1.90 bits per heavy atom. The maximum atomic E-state index is 5.19. The van der Waals surface area contributed by atoms with Gasteiger partial charge < -0.3 is 4.74 Å². The van der Waals surface area contributed by atoms with Crippen LogP contribution >= 0.6 is 28.3 Å². The maximum absolute atomic E-state index is 5.19. The minimum Gasteiger partial charge on any atom is -0.379 e. The number of ether oxygens (including phenoxy) is 1. The van der Waals surface area contributed by atoms with E-state index in [1.807, 2.05) is 0 Å². The second-order valence-electron chi connectivity index (χ2n) is 2.22. The Labute approximate surface area is 76.5 Å². The normalized spacial score (nSPS) is 23.4. The van der Waals surface area contributed by atoms with Gasteiger partial charge in [-0.3, -0.25) is 4.90 Å². The van der Waals surface area contributed by atoms with Gasteiger partial charge in [0.05, 0.1) is 18.2 Å². The number of hydrogen-bond donors (Lipinski definition) is 0. The van der Waals surface area contributed by atoms with Crippen molar-refractivity contribution in [3.63, 3.8) is 0 Å². The third kappa shape index (κ3) is 3.19. The molecule has 2 nitrogen and oxygen atoms in total. The van der Waals surface area contributed by atoms with Crippen LogP contribution in [0.1, 0.15) is 6.92 Å². The molecule has 0 saturated carbocycles. The molecule has 1 saturated heterocycles. The summed E-state index contributed by atoms with van der Waals surface area (Å²) in [5.74, 6) is 0. The first kappa shape index (κ1) is 10.7. The van der Waals surface area contributed by atoms with E-state index in [0.717, 1.165) is 26.3 Å². The summed E-state index contributed by atoms with van der Waals surface area (Å²) >= 11 is 3.51. The molecule has 0 spiro atoms. The molecule has 1 rings (SSSR count). The first-order valence-corrected chi connectivity index (χ1v) is 4.18. The Hall–Kier alpha value is 0.690. The molecular weight excluding hydrogens is 217 g/mol. The van der Waals surface area contributed by atoms with Crippen LogP contribution in [0.2, 0.25) is 0 Å². The molecule has 0 aromatic rings. The van der Waals surface area contributed by atoms with Crippen molar-refractivity contribution in [2.45, 2.75) is 11.9 Å². The Morgan fingerprint density at radius 3 is 2.20 bits per heavy atom. The van der Waals surface area contributed by atoms with Crippen molar-refractivity contribution in [1.82, 2.24) is 4.90 Å². The van der Waals surface area contributed by atoms with Gasteiger partial charge in [0.15, 0.2) is 0 Å². The summed E-state index contributed by atoms with van der Waals surface area (Å²) in [5, 5.41) is 0. The number of rotatable bonds is 1. The first-order chi connectivity index (χ1) is 4.30. The summed E-state index contributed by atoms with van der Waals surface area (Å²) in [7, 11) is 0. The fourth-order valence-electron chi connectivity index (χ4n) is 0.933. The van der Waals surface area contributed by atoms with Crippen LogP contribution in [0.15, 0.2) is 0 Å². The Morgan fingerprint density at radius 1 is 1.40 bits per heavy atom. The average Bonchev–Trinajstić information content (AvgIpc) is 1.90. The van der Waals surface area contributed by atoms with E-state index in [2.05, 4.69) is 27.8 Å². The molecule has 0 amide bonds. The monoisotopic (exact) mass is 229 g/mol. The third-order valence-electron chi connectivity index (χ3n) is 1.55. The summed E-state index contributed by atoms with van der Waals surface area (Å²) in [6, 6.07) is 0. The van der Waals surface area contributed by atoms with Crippen molar-refractivity contribution in [2.24, 2.45) is 0 Å². The fraction of sp³-hybridized carbons (Fsp3) is 1.00. The van der Waals surface area contributed by atoms with Crippen molar-refractivity contribution in [1.29, 1.82) is 0 Å². The molecule has 0 radical (unpaired) electrons. The lowest BCUT2D eigenvalue weighted by molar-refractivity contribution is 0.0361. The van der Waals surface area contributed by atoms with Crippen molar-refractivity contribution >= 4 is 28.3 Å². The van der Waals surface area contributed by atoms with Crippen molar-refractivity contribution < 1.29 is 4.74 Å². The molecule has 1 atom stereocenters. The lowest BCUT2D eigenvalue weighted by atomic mass is 10.4. The molecule has 62 valence electrons. The third-order valence-corrected chi connectivity index (χ3v) is 2.13. The van der Waals surface area contributed by atoms with E-state index in [1.54, 1.807) is 0 Å². The molecule has 0 N–H and O–H groups in total. The van der Waals surface area contributed by atoms with Crippen molar-refractivity contribution in [3.8, 4) is 0 Å². The fourth-order valence-corrected chi connectivity index (χ4v) is 1.34. The van der Waals surface area contributed by atoms with Gasteiger partial charge in [0.25, 0.3) is 0 Å². The van der Waals surface area contributed by atoms with Gasteiger partial charge in [0.2, 0.25) is 0 Å². The number of hydrogen-bond acceptors (Lipinski definition) is 2. The van der Waals surface area contributed by atoms with Crippen LogP contribution in [-0.4, -0.2) is 36.2 Å². The number of halogens is 2. The molecule has 10 heavy (non-hydrogen) atoms. The van der Waals surface area contributed by atoms with E-state index in [9.17, 15) is 0 Å². The van der Waals surface area contributed by atoms with Crippen LogP contribution in [0.25, 0.3) is 0 Å². The zero-order valence-corrected chi connectivity index (χ0v) is 8.45. The summed E-state index contributed by atoms with van der Waals surface area (Å²) in [6.07, 6.45) is 0. The number of morpholine rings is 1. The molecule has 0 aromatic heterocycles. The quantitative estimate of drug-likeness (QED) is 0.500. The van der Waals surface area contributed by atoms with Crippen LogP contribution in [0.5, 0.6) is 0 Å². The van der Waals surface area contributed by atoms with Gasteiger partial charge in [0, 0.05) is 13.1 Å². The zero-order chi connectivity index (χ0) is 6.69. The van der Waals surface area contributed by atoms with Gasteiger partial charge in [-0.05, 0) is 6.92 Å². The summed E-state index contributed by atoms with van der Waals surface area (Å²) in [5.41, 5.74) is 0. The lowest BCUT2D eigenvalue weighted by Crippen LogP contribution is -2.39. The van der Waals surface area contributed by atoms with Crippen LogP contribution in [0.4, 0.5) is 0 Å². The molecule has 1 fully saturated rings. The molecule has 0 aliphatic carbocycles. The van der Waals surface area contributed by atoms with Gasteiger partial charge in [0.1, 0.15) is 0 Å². The summed E-state index contributed by atoms with van der Waals surface area (Å²) in [6.45, 7) is 6.04. The SMILES string of the molecule is CC(Br)N1CCOCC1.Cl. The second-order valence-corrected chi connectivity index (χ2v) is 3.55. The summed E-state index contributed by atoms with van der Waals surface area (Å²) in [4.78, 5) is 2.85. The van der Waals surface area contributed by atoms with E-state index < -0.39 is 0 Å². The van der Waals surface area contributed by atoms with Crippen LogP contribution in [-0.2, 0) is 4.74 Å². The van der Waals surface area contributed by atoms with E-state index in [4.69, 9.17) is 4.74 Å². The Bertz CT molecular complexity index is 85.8. The standard InChI is InChI=1S/C6H12BrNO.ClH/c1-6(7)8-2-4-9-5-3-8;/h6H,2-5H2,1H3;1H. The molecular formula is C6H13BrClNO. The van der Waals surface area contributed by atoms with Crippen LogP contribution in [0, 0.1) is 0 Å². The van der Waals surface area contributed by atoms with Crippen molar-refractivity contribution in [3.05, 3.63) is 0 Å². The molecule has 1 aliphatic rings. The van der Waals surface area contributed by atoms with E-state index in [1.165, 1.54) is 0 Å². The number of alkyl halides is 1. The number of nitrogens with zero attached hydrogens (tertiary/aromatic N) is 1. The molecule has 1 heterocycles. The van der Waals surface area contributed by atoms with Gasteiger partial charge in [-0.25, -0.2) is 0 Å². The Kier molecular flexibility index (Phi) is 5.72. The van der Waals surface area contributed by atoms with E-state index in [-0.39, 0.29) is 12.4 Å². The van der Waals surface area contributed by atoms with Gasteiger partial charge in [-0.1, -0.05) is 15.9 Å². The molecule has 1 unspecified atom stereocenters. The highest BCUT2D eigenvalue weighted by Gasteiger charge is 2.13. The Balaban J connectivity index is 0.000000810. The zero-order valence-electron chi connectivity index (χ0n) is 6.05. The van der Waals surface area contributed by atoms with Crippen LogP contribution < -0.4 is 0 Å². The second kappa shape index (κ2) is 5.35. The first-order valence-electron chi connectivity index (χ1n) is 3.26. The van der Waals surface area contributed by atoms with Crippen molar-refractivity contribution in [2.75, 3.05) is 26.3 Å². The smallest absolute Gasteiger partial charge is 0.0628 e. The van der Waals surface area contributed by atoms with E-state index >= 15 is 0 Å². The molecule has 1 aliphatic heterocycles. The van der Waals surface area contributed by atoms with Gasteiger partial charge in [-0.15, -0.1) is 12.4 Å². The highest BCUT2D eigenvalue weighted by molar-refractivity contribution is 9.09. The van der Waals surface area contributed by atoms with Crippen LogP contribution in [0.3, 0.4) is 0 Å². The topological polar surface area (TPSA) is 12.5 Å². The molecule has 0 aromatic carbocycles. The van der Waals surface area contributed by atoms with Gasteiger partial charge in [-0.2, -0.15) is 0 Å². The molecule has 0 bridgehead atoms. The minimum atomic E-state index is 0. The average molecular weight is 231 g/mol. The maximum Gasteiger partial charge on any atom is 0.0628 e. The largest absolute Gasteiger partial charge is 0.379 e. The van der Waals surface area contributed by atoms with Gasteiger partial charge >= 0.3 is 0 Å². The molecule has 4 heteroatoms. The predicted molar refractivity (Wildman–Crippen MR) is 48.0 cm³/mol. The minimum absolute atomic E-state index is 0.